The smallest absolute Gasteiger partial charge is 0.0485 e. The molecule has 0 aliphatic heterocycles. The fraction of sp³-hybridized carbons (Fsp3) is 0.421. The number of fused-ring (bicyclic) bond motifs is 1. The Morgan fingerprint density at radius 2 is 1.95 bits per heavy atom. The van der Waals surface area contributed by atoms with Crippen LogP contribution in [0.4, 0.5) is 0 Å². The van der Waals surface area contributed by atoms with Gasteiger partial charge >= 0.3 is 0 Å². The van der Waals surface area contributed by atoms with Gasteiger partial charge in [-0.3, -0.25) is 4.98 Å². The second-order valence-corrected chi connectivity index (χ2v) is 6.03. The van der Waals surface area contributed by atoms with E-state index in [1.165, 1.54) is 34.4 Å². The molecule has 1 aliphatic rings. The third-order valence-electron chi connectivity index (χ3n) is 4.68. The lowest BCUT2D eigenvalue weighted by Gasteiger charge is -2.28. The summed E-state index contributed by atoms with van der Waals surface area (Å²) in [5.74, 6) is 0.487. The first-order valence-corrected chi connectivity index (χ1v) is 7.95. The summed E-state index contributed by atoms with van der Waals surface area (Å²) in [6.45, 7) is 7.62. The SMILES string of the molecule is CCNC(c1c(C)cccc1C)C1CCc2cccnc21. The molecule has 2 unspecified atom stereocenters. The predicted molar refractivity (Wildman–Crippen MR) is 87.6 cm³/mol. The molecule has 3 rings (SSSR count). The zero-order valence-corrected chi connectivity index (χ0v) is 13.2. The van der Waals surface area contributed by atoms with Crippen LogP contribution in [0.1, 0.15) is 53.3 Å². The molecule has 1 aromatic heterocycles. The van der Waals surface area contributed by atoms with E-state index >= 15 is 0 Å². The molecule has 2 nitrogen and oxygen atoms in total. The molecule has 1 aliphatic carbocycles. The highest BCUT2D eigenvalue weighted by molar-refractivity contribution is 5.40. The molecule has 0 saturated heterocycles. The summed E-state index contributed by atoms with van der Waals surface area (Å²) >= 11 is 0. The maximum Gasteiger partial charge on any atom is 0.0485 e. The van der Waals surface area contributed by atoms with Crippen LogP contribution >= 0.6 is 0 Å². The van der Waals surface area contributed by atoms with Gasteiger partial charge in [0.15, 0.2) is 0 Å². The Balaban J connectivity index is 2.04. The summed E-state index contributed by atoms with van der Waals surface area (Å²) in [4.78, 5) is 4.69. The molecule has 1 aromatic carbocycles. The number of nitrogens with zero attached hydrogens (tertiary/aromatic N) is 1. The van der Waals surface area contributed by atoms with E-state index in [-0.39, 0.29) is 0 Å². The number of aromatic nitrogens is 1. The number of benzene rings is 1. The van der Waals surface area contributed by atoms with Crippen molar-refractivity contribution >= 4 is 0 Å². The van der Waals surface area contributed by atoms with Crippen molar-refractivity contribution in [2.45, 2.75) is 45.6 Å². The topological polar surface area (TPSA) is 24.9 Å². The van der Waals surface area contributed by atoms with Gasteiger partial charge in [-0.25, -0.2) is 0 Å². The van der Waals surface area contributed by atoms with Gasteiger partial charge in [-0.1, -0.05) is 31.2 Å². The first-order chi connectivity index (χ1) is 10.2. The standard InChI is InChI=1S/C19H24N2/c1-4-20-19(17-13(2)7-5-8-14(17)3)16-11-10-15-9-6-12-21-18(15)16/h5-9,12,16,19-20H,4,10-11H2,1-3H3. The van der Waals surface area contributed by atoms with Crippen LogP contribution < -0.4 is 5.32 Å². The highest BCUT2D eigenvalue weighted by Crippen LogP contribution is 2.42. The third kappa shape index (κ3) is 2.60. The third-order valence-corrected chi connectivity index (χ3v) is 4.68. The van der Waals surface area contributed by atoms with Gasteiger partial charge in [-0.2, -0.15) is 0 Å². The number of hydrogen-bond donors (Lipinski definition) is 1. The monoisotopic (exact) mass is 280 g/mol. The number of likely N-dealkylation sites (N-methyl/N-ethyl adjacent to an activating group) is 1. The molecule has 2 aromatic rings. The van der Waals surface area contributed by atoms with Gasteiger partial charge in [-0.05, 0) is 61.6 Å². The maximum atomic E-state index is 4.69. The van der Waals surface area contributed by atoms with Crippen molar-refractivity contribution in [2.75, 3.05) is 6.54 Å². The van der Waals surface area contributed by atoms with Gasteiger partial charge < -0.3 is 5.32 Å². The van der Waals surface area contributed by atoms with Crippen molar-refractivity contribution in [1.82, 2.24) is 10.3 Å². The van der Waals surface area contributed by atoms with E-state index in [0.29, 0.717) is 12.0 Å². The minimum Gasteiger partial charge on any atom is -0.310 e. The van der Waals surface area contributed by atoms with E-state index in [2.05, 4.69) is 61.4 Å². The summed E-state index contributed by atoms with van der Waals surface area (Å²) in [6.07, 6.45) is 4.28. The van der Waals surface area contributed by atoms with E-state index in [0.717, 1.165) is 13.0 Å². The summed E-state index contributed by atoms with van der Waals surface area (Å²) in [5.41, 5.74) is 6.95. The largest absolute Gasteiger partial charge is 0.310 e. The molecule has 110 valence electrons. The van der Waals surface area contributed by atoms with Gasteiger partial charge in [0.05, 0.1) is 0 Å². The van der Waals surface area contributed by atoms with Gasteiger partial charge in [0.2, 0.25) is 0 Å². The number of aryl methyl sites for hydroxylation is 3. The molecule has 2 atom stereocenters. The van der Waals surface area contributed by atoms with Crippen LogP contribution in [0.3, 0.4) is 0 Å². The summed E-state index contributed by atoms with van der Waals surface area (Å²) in [6, 6.07) is 11.3. The zero-order chi connectivity index (χ0) is 14.8. The highest BCUT2D eigenvalue weighted by Gasteiger charge is 2.32. The molecule has 0 saturated carbocycles. The van der Waals surface area contributed by atoms with Crippen LogP contribution in [-0.2, 0) is 6.42 Å². The average molecular weight is 280 g/mol. The van der Waals surface area contributed by atoms with E-state index in [4.69, 9.17) is 0 Å². The lowest BCUT2D eigenvalue weighted by molar-refractivity contribution is 0.444. The maximum absolute atomic E-state index is 4.69. The minimum absolute atomic E-state index is 0.368. The molecule has 1 heterocycles. The van der Waals surface area contributed by atoms with E-state index in [9.17, 15) is 0 Å². The van der Waals surface area contributed by atoms with Gasteiger partial charge in [0.1, 0.15) is 0 Å². The highest BCUT2D eigenvalue weighted by atomic mass is 14.9. The second kappa shape index (κ2) is 5.98. The second-order valence-electron chi connectivity index (χ2n) is 6.03. The van der Waals surface area contributed by atoms with Gasteiger partial charge in [0, 0.05) is 23.9 Å². The number of nitrogens with one attached hydrogen (secondary N) is 1. The predicted octanol–water partition coefficient (Wildman–Crippen LogP) is 4.08. The molecule has 2 heteroatoms. The van der Waals surface area contributed by atoms with Gasteiger partial charge in [0.25, 0.3) is 0 Å². The molecule has 0 bridgehead atoms. The summed E-state index contributed by atoms with van der Waals surface area (Å²) < 4.78 is 0. The van der Waals surface area contributed by atoms with Crippen LogP contribution in [0.5, 0.6) is 0 Å². The molecule has 21 heavy (non-hydrogen) atoms. The lowest BCUT2D eigenvalue weighted by atomic mass is 9.86. The molecule has 0 radical (unpaired) electrons. The van der Waals surface area contributed by atoms with Crippen molar-refractivity contribution in [3.63, 3.8) is 0 Å². The van der Waals surface area contributed by atoms with Crippen molar-refractivity contribution in [3.05, 3.63) is 64.5 Å². The Hall–Kier alpha value is -1.67. The van der Waals surface area contributed by atoms with Crippen molar-refractivity contribution in [1.29, 1.82) is 0 Å². The lowest BCUT2D eigenvalue weighted by Crippen LogP contribution is -2.28. The van der Waals surface area contributed by atoms with Crippen LogP contribution in [0.25, 0.3) is 0 Å². The van der Waals surface area contributed by atoms with Crippen LogP contribution in [0, 0.1) is 13.8 Å². The Bertz CT molecular complexity index is 613. The van der Waals surface area contributed by atoms with Crippen LogP contribution in [0.15, 0.2) is 36.5 Å². The van der Waals surface area contributed by atoms with E-state index < -0.39 is 0 Å². The first kappa shape index (κ1) is 14.3. The Labute approximate surface area is 127 Å². The molecular weight excluding hydrogens is 256 g/mol. The van der Waals surface area contributed by atoms with Gasteiger partial charge in [-0.15, -0.1) is 0 Å². The van der Waals surface area contributed by atoms with Crippen molar-refractivity contribution < 1.29 is 0 Å². The Kier molecular flexibility index (Phi) is 4.07. The Morgan fingerprint density at radius 3 is 2.67 bits per heavy atom. The summed E-state index contributed by atoms with van der Waals surface area (Å²) in [5, 5.41) is 3.72. The molecule has 0 spiro atoms. The molecule has 1 N–H and O–H groups in total. The van der Waals surface area contributed by atoms with E-state index in [1.54, 1.807) is 0 Å². The minimum atomic E-state index is 0.368. The zero-order valence-electron chi connectivity index (χ0n) is 13.2. The Morgan fingerprint density at radius 1 is 1.19 bits per heavy atom. The van der Waals surface area contributed by atoms with Crippen molar-refractivity contribution in [2.24, 2.45) is 0 Å². The average Bonchev–Trinajstić information content (AvgIpc) is 2.90. The number of hydrogen-bond acceptors (Lipinski definition) is 2. The molecule has 0 amide bonds. The fourth-order valence-corrected chi connectivity index (χ4v) is 3.75. The molecular formula is C19H24N2. The first-order valence-electron chi connectivity index (χ1n) is 7.95. The normalized spacial score (nSPS) is 18.5. The summed E-state index contributed by atoms with van der Waals surface area (Å²) in [7, 11) is 0. The van der Waals surface area contributed by atoms with E-state index in [1.807, 2.05) is 6.20 Å². The fourth-order valence-electron chi connectivity index (χ4n) is 3.75. The van der Waals surface area contributed by atoms with Crippen LogP contribution in [-0.4, -0.2) is 11.5 Å². The van der Waals surface area contributed by atoms with Crippen molar-refractivity contribution in [3.8, 4) is 0 Å². The number of pyridine rings is 1. The molecule has 0 fully saturated rings. The van der Waals surface area contributed by atoms with Crippen LogP contribution in [0.2, 0.25) is 0 Å². The quantitative estimate of drug-likeness (QED) is 0.913. The number of rotatable bonds is 4.